The molecule has 2 aliphatic heterocycles. The number of fused-ring (bicyclic) bond motifs is 3. The van der Waals surface area contributed by atoms with E-state index < -0.39 is 8.07 Å². The minimum absolute atomic E-state index is 0.392. The molecule has 0 atom stereocenters. The van der Waals surface area contributed by atoms with Crippen molar-refractivity contribution in [3.05, 3.63) is 223 Å². The Kier molecular flexibility index (Phi) is 10.3. The van der Waals surface area contributed by atoms with Crippen LogP contribution in [0.4, 0.5) is 5.69 Å². The van der Waals surface area contributed by atoms with Crippen molar-refractivity contribution >= 4 is 68.1 Å². The van der Waals surface area contributed by atoms with Crippen molar-refractivity contribution < 1.29 is 0 Å². The van der Waals surface area contributed by atoms with E-state index in [0.29, 0.717) is 30.4 Å². The van der Waals surface area contributed by atoms with Crippen LogP contribution in [0.15, 0.2) is 222 Å². The largest absolute Gasteiger partial charge is 0.369 e. The minimum atomic E-state index is -2.85. The SMILES string of the molecule is N/C(=N\C(=N/Cc1cccc(-c2ccccc2)c1)c1cccc([Si](c2ccccc2)(c2ccccc2)c2ccccc2)c1)n1c2ccccc2c2cc(N3C4CC5CC(C4)CC3C5)ccc21. The van der Waals surface area contributed by atoms with Crippen LogP contribution in [0.1, 0.15) is 43.2 Å². The predicted molar refractivity (Wildman–Crippen MR) is 279 cm³/mol. The number of aliphatic imine (C=N–C) groups is 2. The predicted octanol–water partition coefficient (Wildman–Crippen LogP) is 10.4. The molecular formula is C60H53N5Si. The first-order chi connectivity index (χ1) is 32.6. The van der Waals surface area contributed by atoms with Gasteiger partial charge in [-0.05, 0) is 112 Å². The lowest BCUT2D eigenvalue weighted by Gasteiger charge is -2.57. The van der Waals surface area contributed by atoms with E-state index in [0.717, 1.165) is 39.6 Å². The molecule has 3 heterocycles. The molecule has 0 unspecified atom stereocenters. The molecule has 4 bridgehead atoms. The third-order valence-corrected chi connectivity index (χ3v) is 19.7. The van der Waals surface area contributed by atoms with E-state index in [1.54, 1.807) is 0 Å². The molecule has 4 fully saturated rings. The summed E-state index contributed by atoms with van der Waals surface area (Å²) in [5.41, 5.74) is 15.2. The third-order valence-electron chi connectivity index (χ3n) is 14.9. The van der Waals surface area contributed by atoms with E-state index in [1.807, 2.05) is 0 Å². The quantitative estimate of drug-likeness (QED) is 0.0680. The summed E-state index contributed by atoms with van der Waals surface area (Å²) >= 11 is 0. The molecule has 4 aliphatic rings. The number of nitrogens with zero attached hydrogens (tertiary/aromatic N) is 4. The highest BCUT2D eigenvalue weighted by Gasteiger charge is 2.47. The van der Waals surface area contributed by atoms with Gasteiger partial charge in [0.25, 0.3) is 0 Å². The van der Waals surface area contributed by atoms with Gasteiger partial charge in [0.2, 0.25) is 5.96 Å². The number of nitrogens with two attached hydrogens (primary N) is 1. The lowest BCUT2D eigenvalue weighted by molar-refractivity contribution is 0.0900. The van der Waals surface area contributed by atoms with Gasteiger partial charge in [-0.15, -0.1) is 0 Å². The maximum absolute atomic E-state index is 7.38. The molecule has 6 heteroatoms. The standard InChI is InChI=1S/C60H53N5Si/c61-60(65-57-30-14-13-29-55(57)56-40-48(31-32-58(56)65)64-49-35-43-33-44(37-49)38-50(64)36-43)63-59(62-41-42-17-15-20-46(34-42)45-18-5-1-6-19-45)47-21-16-28-54(39-47)66(51-22-7-2-8-23-51,52-24-9-3-10-25-52)53-26-11-4-12-27-53/h1-32,34,39-40,43-44,49-50H,33,35-38,41H2,(H2,61,62,63). The fraction of sp³-hybridized carbons (Fsp3) is 0.167. The third kappa shape index (κ3) is 7.08. The van der Waals surface area contributed by atoms with Gasteiger partial charge in [0, 0.05) is 34.1 Å². The molecule has 1 aromatic heterocycles. The zero-order valence-electron chi connectivity index (χ0n) is 37.1. The van der Waals surface area contributed by atoms with E-state index in [9.17, 15) is 0 Å². The summed E-state index contributed by atoms with van der Waals surface area (Å²) in [5, 5.41) is 7.58. The minimum Gasteiger partial charge on any atom is -0.369 e. The molecule has 2 saturated carbocycles. The summed E-state index contributed by atoms with van der Waals surface area (Å²) in [6.45, 7) is 0.437. The lowest BCUT2D eigenvalue weighted by Crippen LogP contribution is -2.74. The van der Waals surface area contributed by atoms with E-state index >= 15 is 0 Å². The number of piperidine rings is 2. The van der Waals surface area contributed by atoms with E-state index in [1.165, 1.54) is 74.9 Å². The van der Waals surface area contributed by atoms with Crippen LogP contribution in [-0.4, -0.2) is 36.5 Å². The zero-order chi connectivity index (χ0) is 44.0. The highest BCUT2D eigenvalue weighted by Crippen LogP contribution is 2.51. The van der Waals surface area contributed by atoms with Crippen LogP contribution >= 0.6 is 0 Å². The van der Waals surface area contributed by atoms with Crippen molar-refractivity contribution in [3.8, 4) is 11.1 Å². The van der Waals surface area contributed by atoms with Crippen LogP contribution < -0.4 is 31.4 Å². The monoisotopic (exact) mass is 871 g/mol. The first-order valence-electron chi connectivity index (χ1n) is 23.7. The van der Waals surface area contributed by atoms with Gasteiger partial charge in [0.1, 0.15) is 0 Å². The number of aromatic nitrogens is 1. The average molecular weight is 872 g/mol. The summed E-state index contributed by atoms with van der Waals surface area (Å²) in [6.07, 6.45) is 6.77. The summed E-state index contributed by atoms with van der Waals surface area (Å²) < 4.78 is 2.15. The van der Waals surface area contributed by atoms with Crippen LogP contribution in [-0.2, 0) is 6.54 Å². The molecule has 2 saturated heterocycles. The maximum Gasteiger partial charge on any atom is 0.207 e. The van der Waals surface area contributed by atoms with Gasteiger partial charge >= 0.3 is 0 Å². The lowest BCUT2D eigenvalue weighted by atomic mass is 9.63. The molecule has 0 radical (unpaired) electrons. The molecule has 5 nitrogen and oxygen atoms in total. The van der Waals surface area contributed by atoms with Gasteiger partial charge < -0.3 is 10.6 Å². The Morgan fingerprint density at radius 1 is 0.485 bits per heavy atom. The van der Waals surface area contributed by atoms with E-state index in [-0.39, 0.29) is 0 Å². The Morgan fingerprint density at radius 2 is 1.03 bits per heavy atom. The number of amidine groups is 1. The second-order valence-electron chi connectivity index (χ2n) is 18.8. The van der Waals surface area contributed by atoms with Gasteiger partial charge in [0.15, 0.2) is 13.9 Å². The summed E-state index contributed by atoms with van der Waals surface area (Å²) in [5.74, 6) is 2.80. The highest BCUT2D eigenvalue weighted by atomic mass is 28.3. The average Bonchev–Trinajstić information content (AvgIpc) is 3.70. The van der Waals surface area contributed by atoms with Gasteiger partial charge in [-0.3, -0.25) is 9.56 Å². The van der Waals surface area contributed by atoms with Crippen molar-refractivity contribution in [1.29, 1.82) is 0 Å². The summed E-state index contributed by atoms with van der Waals surface area (Å²) in [6, 6.07) is 78.4. The number of anilines is 1. The molecule has 0 spiro atoms. The van der Waals surface area contributed by atoms with Crippen LogP contribution in [0.3, 0.4) is 0 Å². The Hall–Kier alpha value is -7.28. The zero-order valence-corrected chi connectivity index (χ0v) is 38.1. The smallest absolute Gasteiger partial charge is 0.207 e. The molecule has 13 rings (SSSR count). The second-order valence-corrected chi connectivity index (χ2v) is 22.6. The Balaban J connectivity index is 1.02. The van der Waals surface area contributed by atoms with E-state index in [4.69, 9.17) is 15.7 Å². The number of para-hydroxylation sites is 1. The van der Waals surface area contributed by atoms with Crippen LogP contribution in [0.5, 0.6) is 0 Å². The molecule has 0 amide bonds. The fourth-order valence-corrected chi connectivity index (χ4v) is 17.1. The number of hydrogen-bond donors (Lipinski definition) is 1. The van der Waals surface area contributed by atoms with Crippen LogP contribution in [0, 0.1) is 11.8 Å². The first-order valence-corrected chi connectivity index (χ1v) is 25.7. The van der Waals surface area contributed by atoms with Gasteiger partial charge in [-0.25, -0.2) is 0 Å². The van der Waals surface area contributed by atoms with Gasteiger partial charge in [-0.2, -0.15) is 4.99 Å². The molecule has 2 N–H and O–H groups in total. The molecule has 322 valence electrons. The van der Waals surface area contributed by atoms with Gasteiger partial charge in [0.05, 0.1) is 17.6 Å². The van der Waals surface area contributed by atoms with Crippen molar-refractivity contribution in [3.63, 3.8) is 0 Å². The number of benzene rings is 8. The Morgan fingerprint density at radius 3 is 1.68 bits per heavy atom. The van der Waals surface area contributed by atoms with Crippen LogP contribution in [0.25, 0.3) is 32.9 Å². The summed E-state index contributed by atoms with van der Waals surface area (Å²) in [4.78, 5) is 13.6. The molecule has 2 aliphatic carbocycles. The molecular weight excluding hydrogens is 819 g/mol. The van der Waals surface area contributed by atoms with Crippen molar-refractivity contribution in [2.45, 2.75) is 50.7 Å². The van der Waals surface area contributed by atoms with Crippen LogP contribution in [0.2, 0.25) is 0 Å². The fourth-order valence-electron chi connectivity index (χ4n) is 12.3. The summed E-state index contributed by atoms with van der Waals surface area (Å²) in [7, 11) is -2.85. The van der Waals surface area contributed by atoms with Crippen molar-refractivity contribution in [2.24, 2.45) is 27.6 Å². The molecule has 66 heavy (non-hydrogen) atoms. The van der Waals surface area contributed by atoms with Gasteiger partial charge in [-0.1, -0.05) is 182 Å². The molecule has 8 aromatic carbocycles. The van der Waals surface area contributed by atoms with Crippen molar-refractivity contribution in [1.82, 2.24) is 4.57 Å². The number of hydrogen-bond acceptors (Lipinski definition) is 2. The van der Waals surface area contributed by atoms with E-state index in [2.05, 4.69) is 222 Å². The highest BCUT2D eigenvalue weighted by molar-refractivity contribution is 7.19. The number of rotatable bonds is 9. The Bertz CT molecular complexity index is 3130. The topological polar surface area (TPSA) is 58.9 Å². The Labute approximate surface area is 388 Å². The maximum atomic E-state index is 7.38. The molecule has 9 aromatic rings. The second kappa shape index (κ2) is 16.9. The normalized spacial score (nSPS) is 19.5. The first kappa shape index (κ1) is 40.2. The van der Waals surface area contributed by atoms with Crippen molar-refractivity contribution in [2.75, 3.05) is 4.90 Å².